The van der Waals surface area contributed by atoms with E-state index in [1.807, 2.05) is 56.4 Å². The van der Waals surface area contributed by atoms with Crippen molar-refractivity contribution in [1.82, 2.24) is 30.0 Å². The molecule has 1 fully saturated rings. The van der Waals surface area contributed by atoms with Gasteiger partial charge in [0.25, 0.3) is 5.56 Å². The number of piperidine rings is 1. The molecule has 1 aliphatic heterocycles. The number of nitrogens with zero attached hydrogens (tertiary/aromatic N) is 5. The SMILES string of the molecule is CNC1CCN(c2ccc(-c3nc4c(C)nn(-c5ccccc5)c4c(=O)[nH]3)c(OC)n2)CC1. The fourth-order valence-corrected chi connectivity index (χ4v) is 4.39. The summed E-state index contributed by atoms with van der Waals surface area (Å²) in [7, 11) is 3.59. The van der Waals surface area contributed by atoms with Crippen LogP contribution in [0, 0.1) is 6.92 Å². The number of rotatable bonds is 5. The number of para-hydroxylation sites is 1. The molecule has 170 valence electrons. The number of benzene rings is 1. The van der Waals surface area contributed by atoms with Gasteiger partial charge >= 0.3 is 0 Å². The number of anilines is 1. The Morgan fingerprint density at radius 2 is 1.85 bits per heavy atom. The second kappa shape index (κ2) is 8.67. The molecule has 9 heteroatoms. The quantitative estimate of drug-likeness (QED) is 0.487. The lowest BCUT2D eigenvalue weighted by atomic mass is 10.1. The predicted octanol–water partition coefficient (Wildman–Crippen LogP) is 2.68. The fourth-order valence-electron chi connectivity index (χ4n) is 4.39. The zero-order chi connectivity index (χ0) is 22.9. The lowest BCUT2D eigenvalue weighted by Gasteiger charge is -2.32. The summed E-state index contributed by atoms with van der Waals surface area (Å²) in [4.78, 5) is 27.8. The van der Waals surface area contributed by atoms with Gasteiger partial charge in [-0.3, -0.25) is 4.79 Å². The second-order valence-electron chi connectivity index (χ2n) is 8.22. The Balaban J connectivity index is 1.54. The van der Waals surface area contributed by atoms with Gasteiger partial charge in [-0.1, -0.05) is 18.2 Å². The van der Waals surface area contributed by atoms with Crippen LogP contribution in [-0.4, -0.2) is 58.0 Å². The third kappa shape index (κ3) is 3.84. The maximum atomic E-state index is 13.1. The number of ether oxygens (including phenoxy) is 1. The van der Waals surface area contributed by atoms with Crippen molar-refractivity contribution < 1.29 is 4.74 Å². The summed E-state index contributed by atoms with van der Waals surface area (Å²) < 4.78 is 7.23. The molecule has 3 aromatic heterocycles. The zero-order valence-electron chi connectivity index (χ0n) is 19.0. The molecule has 4 heterocycles. The number of aromatic nitrogens is 5. The highest BCUT2D eigenvalue weighted by Gasteiger charge is 2.22. The minimum Gasteiger partial charge on any atom is -0.480 e. The first-order valence-electron chi connectivity index (χ1n) is 11.1. The molecule has 0 aliphatic carbocycles. The third-order valence-corrected chi connectivity index (χ3v) is 6.22. The number of hydrogen-bond donors (Lipinski definition) is 2. The van der Waals surface area contributed by atoms with E-state index in [-0.39, 0.29) is 5.56 Å². The van der Waals surface area contributed by atoms with Crippen molar-refractivity contribution in [1.29, 1.82) is 0 Å². The monoisotopic (exact) mass is 445 g/mol. The minimum absolute atomic E-state index is 0.264. The van der Waals surface area contributed by atoms with Crippen molar-refractivity contribution in [3.63, 3.8) is 0 Å². The first-order chi connectivity index (χ1) is 16.1. The fraction of sp³-hybridized carbons (Fsp3) is 0.333. The van der Waals surface area contributed by atoms with E-state index in [2.05, 4.69) is 20.3 Å². The maximum absolute atomic E-state index is 13.1. The number of aryl methyl sites for hydroxylation is 1. The van der Waals surface area contributed by atoms with E-state index in [1.165, 1.54) is 0 Å². The summed E-state index contributed by atoms with van der Waals surface area (Å²) in [5.74, 6) is 1.70. The normalized spacial score (nSPS) is 14.7. The van der Waals surface area contributed by atoms with Crippen LogP contribution in [0.5, 0.6) is 5.88 Å². The van der Waals surface area contributed by atoms with Crippen LogP contribution in [0.3, 0.4) is 0 Å². The molecule has 0 bridgehead atoms. The largest absolute Gasteiger partial charge is 0.480 e. The second-order valence-corrected chi connectivity index (χ2v) is 8.22. The van der Waals surface area contributed by atoms with Crippen LogP contribution in [-0.2, 0) is 0 Å². The van der Waals surface area contributed by atoms with Gasteiger partial charge in [-0.15, -0.1) is 0 Å². The van der Waals surface area contributed by atoms with E-state index in [4.69, 9.17) is 14.7 Å². The van der Waals surface area contributed by atoms with Gasteiger partial charge < -0.3 is 19.9 Å². The summed E-state index contributed by atoms with van der Waals surface area (Å²) in [5.41, 5.74) is 2.83. The van der Waals surface area contributed by atoms with Gasteiger partial charge in [0, 0.05) is 19.1 Å². The molecule has 0 saturated carbocycles. The zero-order valence-corrected chi connectivity index (χ0v) is 19.0. The molecule has 4 aromatic rings. The molecule has 2 N–H and O–H groups in total. The van der Waals surface area contributed by atoms with Crippen LogP contribution in [0.25, 0.3) is 28.1 Å². The lowest BCUT2D eigenvalue weighted by Crippen LogP contribution is -2.41. The molecule has 9 nitrogen and oxygen atoms in total. The van der Waals surface area contributed by atoms with Crippen molar-refractivity contribution in [3.8, 4) is 23.0 Å². The van der Waals surface area contributed by atoms with E-state index < -0.39 is 0 Å². The summed E-state index contributed by atoms with van der Waals surface area (Å²) in [6.45, 7) is 3.71. The summed E-state index contributed by atoms with van der Waals surface area (Å²) >= 11 is 0. The van der Waals surface area contributed by atoms with Gasteiger partial charge in [-0.25, -0.2) is 9.67 Å². The number of aromatic amines is 1. The highest BCUT2D eigenvalue weighted by molar-refractivity contribution is 5.81. The molecule has 0 atom stereocenters. The summed E-state index contributed by atoms with van der Waals surface area (Å²) in [5, 5.41) is 7.91. The number of H-pyrrole nitrogens is 1. The van der Waals surface area contributed by atoms with Crippen molar-refractivity contribution in [3.05, 3.63) is 58.5 Å². The molecule has 5 rings (SSSR count). The number of hydrogen-bond acceptors (Lipinski definition) is 7. The van der Waals surface area contributed by atoms with Crippen molar-refractivity contribution >= 4 is 16.9 Å². The molecule has 33 heavy (non-hydrogen) atoms. The Morgan fingerprint density at radius 3 is 2.55 bits per heavy atom. The van der Waals surface area contributed by atoms with Gasteiger partial charge in [0.15, 0.2) is 5.52 Å². The summed E-state index contributed by atoms with van der Waals surface area (Å²) in [6, 6.07) is 14.0. The van der Waals surface area contributed by atoms with Crippen molar-refractivity contribution in [2.75, 3.05) is 32.1 Å². The smallest absolute Gasteiger partial charge is 0.277 e. The van der Waals surface area contributed by atoms with Gasteiger partial charge in [0.2, 0.25) is 5.88 Å². The molecule has 1 saturated heterocycles. The average molecular weight is 446 g/mol. The van der Waals surface area contributed by atoms with E-state index in [0.717, 1.165) is 37.4 Å². The minimum atomic E-state index is -0.264. The molecule has 0 amide bonds. The Labute approximate surface area is 191 Å². The Morgan fingerprint density at radius 1 is 1.09 bits per heavy atom. The molecular formula is C24H27N7O2. The first kappa shape index (κ1) is 21.1. The molecular weight excluding hydrogens is 418 g/mol. The number of fused-ring (bicyclic) bond motifs is 1. The number of pyridine rings is 1. The van der Waals surface area contributed by atoms with Crippen LogP contribution >= 0.6 is 0 Å². The van der Waals surface area contributed by atoms with Crippen LogP contribution in [0.2, 0.25) is 0 Å². The van der Waals surface area contributed by atoms with E-state index >= 15 is 0 Å². The van der Waals surface area contributed by atoms with Crippen LogP contribution in [0.4, 0.5) is 5.82 Å². The van der Waals surface area contributed by atoms with E-state index in [9.17, 15) is 4.79 Å². The molecule has 0 radical (unpaired) electrons. The van der Waals surface area contributed by atoms with Gasteiger partial charge in [-0.2, -0.15) is 10.1 Å². The molecule has 1 aliphatic rings. The third-order valence-electron chi connectivity index (χ3n) is 6.22. The average Bonchev–Trinajstić information content (AvgIpc) is 3.21. The lowest BCUT2D eigenvalue weighted by molar-refractivity contribution is 0.397. The molecule has 0 spiro atoms. The maximum Gasteiger partial charge on any atom is 0.277 e. The Kier molecular flexibility index (Phi) is 5.55. The Bertz CT molecular complexity index is 1340. The number of nitrogens with one attached hydrogen (secondary N) is 2. The van der Waals surface area contributed by atoms with E-state index in [1.54, 1.807) is 11.8 Å². The van der Waals surface area contributed by atoms with Crippen LogP contribution in [0.15, 0.2) is 47.3 Å². The van der Waals surface area contributed by atoms with Crippen LogP contribution in [0.1, 0.15) is 18.5 Å². The van der Waals surface area contributed by atoms with Crippen molar-refractivity contribution in [2.45, 2.75) is 25.8 Å². The standard InChI is InChI=1S/C24H27N7O2/c1-15-20-21(31(29-15)17-7-5-4-6-8-17)23(32)28-22(27-20)18-9-10-19(26-24(18)33-3)30-13-11-16(25-2)12-14-30/h4-10,16,25H,11-14H2,1-3H3,(H,27,28,32). The summed E-state index contributed by atoms with van der Waals surface area (Å²) in [6.07, 6.45) is 2.14. The van der Waals surface area contributed by atoms with Gasteiger partial charge in [-0.05, 0) is 51.1 Å². The molecule has 0 unspecified atom stereocenters. The Hall–Kier alpha value is -3.72. The highest BCUT2D eigenvalue weighted by atomic mass is 16.5. The van der Waals surface area contributed by atoms with Gasteiger partial charge in [0.05, 0.1) is 24.1 Å². The first-order valence-corrected chi connectivity index (χ1v) is 11.1. The molecule has 1 aromatic carbocycles. The number of methoxy groups -OCH3 is 1. The topological polar surface area (TPSA) is 101 Å². The van der Waals surface area contributed by atoms with E-state index in [0.29, 0.717) is 40.0 Å². The van der Waals surface area contributed by atoms with Gasteiger partial charge in [0.1, 0.15) is 17.2 Å². The van der Waals surface area contributed by atoms with Crippen molar-refractivity contribution in [2.24, 2.45) is 0 Å². The predicted molar refractivity (Wildman–Crippen MR) is 128 cm³/mol. The van der Waals surface area contributed by atoms with Crippen LogP contribution < -0.4 is 20.5 Å². The highest BCUT2D eigenvalue weighted by Crippen LogP contribution is 2.30.